The normalized spacial score (nSPS) is 15.4. The topological polar surface area (TPSA) is 79.5 Å². The smallest absolute Gasteiger partial charge is 0.303 e. The summed E-state index contributed by atoms with van der Waals surface area (Å²) < 4.78 is 5.15. The number of hydrogen-bond donors (Lipinski definition) is 1. The van der Waals surface area contributed by atoms with Gasteiger partial charge in [-0.2, -0.15) is 4.98 Å². The average Bonchev–Trinajstić information content (AvgIpc) is 3.00. The molecule has 0 aromatic carbocycles. The van der Waals surface area contributed by atoms with Crippen LogP contribution in [0.3, 0.4) is 0 Å². The maximum atomic E-state index is 10.4. The number of carboxylic acids is 1. The van der Waals surface area contributed by atoms with Crippen LogP contribution >= 0.6 is 0 Å². The largest absolute Gasteiger partial charge is 0.481 e. The first-order chi connectivity index (χ1) is 8.15. The van der Waals surface area contributed by atoms with Crippen LogP contribution in [-0.4, -0.2) is 39.7 Å². The summed E-state index contributed by atoms with van der Waals surface area (Å²) in [4.78, 5) is 16.7. The molecule has 0 spiro atoms. The Hall–Kier alpha value is -1.43. The molecule has 1 aliphatic carbocycles. The third-order valence-electron chi connectivity index (χ3n) is 2.75. The molecule has 0 saturated heterocycles. The number of aliphatic carboxylic acids is 1. The molecule has 1 heterocycles. The molecular formula is C11H17N3O3. The third kappa shape index (κ3) is 3.81. The number of hydrogen-bond acceptors (Lipinski definition) is 5. The number of rotatable bonds is 7. The molecule has 2 rings (SSSR count). The van der Waals surface area contributed by atoms with E-state index in [-0.39, 0.29) is 6.42 Å². The fourth-order valence-electron chi connectivity index (χ4n) is 1.65. The molecule has 1 aromatic rings. The summed E-state index contributed by atoms with van der Waals surface area (Å²) in [6.07, 6.45) is 3.13. The van der Waals surface area contributed by atoms with Gasteiger partial charge in [-0.3, -0.25) is 9.69 Å². The van der Waals surface area contributed by atoms with E-state index in [9.17, 15) is 4.79 Å². The van der Waals surface area contributed by atoms with Crippen molar-refractivity contribution in [3.8, 4) is 0 Å². The monoisotopic (exact) mass is 239 g/mol. The lowest BCUT2D eigenvalue weighted by molar-refractivity contribution is -0.137. The van der Waals surface area contributed by atoms with Gasteiger partial charge in [-0.15, -0.1) is 0 Å². The van der Waals surface area contributed by atoms with Crippen molar-refractivity contribution in [2.75, 3.05) is 13.6 Å². The SMILES string of the molecule is CN(CCCC(=O)O)Cc1noc(C2CC2)n1. The number of carboxylic acid groups (broad SMARTS) is 1. The predicted molar refractivity (Wildman–Crippen MR) is 59.5 cm³/mol. The minimum atomic E-state index is -0.756. The fraction of sp³-hybridized carbons (Fsp3) is 0.727. The molecule has 0 aliphatic heterocycles. The molecule has 1 fully saturated rings. The molecule has 6 nitrogen and oxygen atoms in total. The molecule has 0 radical (unpaired) electrons. The van der Waals surface area contributed by atoms with Crippen LogP contribution < -0.4 is 0 Å². The minimum absolute atomic E-state index is 0.198. The third-order valence-corrected chi connectivity index (χ3v) is 2.75. The van der Waals surface area contributed by atoms with Crippen LogP contribution in [0.1, 0.15) is 43.3 Å². The van der Waals surface area contributed by atoms with Crippen molar-refractivity contribution in [1.29, 1.82) is 0 Å². The molecule has 0 unspecified atom stereocenters. The van der Waals surface area contributed by atoms with Crippen molar-refractivity contribution in [1.82, 2.24) is 15.0 Å². The number of carbonyl (C=O) groups is 1. The van der Waals surface area contributed by atoms with E-state index >= 15 is 0 Å². The zero-order valence-electron chi connectivity index (χ0n) is 9.93. The summed E-state index contributed by atoms with van der Waals surface area (Å²) >= 11 is 0. The lowest BCUT2D eigenvalue weighted by atomic mass is 10.3. The Bertz CT molecular complexity index is 387. The Kier molecular flexibility index (Phi) is 3.73. The van der Waals surface area contributed by atoms with Crippen LogP contribution in [0.4, 0.5) is 0 Å². The Morgan fingerprint density at radius 3 is 3.00 bits per heavy atom. The van der Waals surface area contributed by atoms with E-state index in [4.69, 9.17) is 9.63 Å². The summed E-state index contributed by atoms with van der Waals surface area (Å²) in [5, 5.41) is 12.4. The van der Waals surface area contributed by atoms with Gasteiger partial charge in [0.2, 0.25) is 5.89 Å². The van der Waals surface area contributed by atoms with Gasteiger partial charge in [0.25, 0.3) is 0 Å². The van der Waals surface area contributed by atoms with Gasteiger partial charge in [-0.1, -0.05) is 5.16 Å². The average molecular weight is 239 g/mol. The van der Waals surface area contributed by atoms with E-state index in [0.717, 1.165) is 25.3 Å². The molecule has 94 valence electrons. The second-order valence-electron chi connectivity index (χ2n) is 4.56. The molecule has 1 aromatic heterocycles. The lowest BCUT2D eigenvalue weighted by Crippen LogP contribution is -2.20. The highest BCUT2D eigenvalue weighted by Gasteiger charge is 2.29. The Balaban J connectivity index is 1.72. The van der Waals surface area contributed by atoms with E-state index in [0.29, 0.717) is 24.7 Å². The van der Waals surface area contributed by atoms with E-state index in [1.165, 1.54) is 0 Å². The summed E-state index contributed by atoms with van der Waals surface area (Å²) in [6, 6.07) is 0. The highest BCUT2D eigenvalue weighted by Crippen LogP contribution is 2.38. The highest BCUT2D eigenvalue weighted by atomic mass is 16.5. The van der Waals surface area contributed by atoms with Gasteiger partial charge >= 0.3 is 5.97 Å². The second kappa shape index (κ2) is 5.27. The lowest BCUT2D eigenvalue weighted by Gasteiger charge is -2.12. The predicted octanol–water partition coefficient (Wildman–Crippen LogP) is 1.24. The van der Waals surface area contributed by atoms with Crippen LogP contribution in [-0.2, 0) is 11.3 Å². The van der Waals surface area contributed by atoms with Gasteiger partial charge in [0.1, 0.15) is 0 Å². The van der Waals surface area contributed by atoms with Crippen molar-refractivity contribution in [2.24, 2.45) is 0 Å². The van der Waals surface area contributed by atoms with Gasteiger partial charge < -0.3 is 9.63 Å². The molecule has 0 atom stereocenters. The Labute approximate surface area is 99.6 Å². The van der Waals surface area contributed by atoms with E-state index in [1.54, 1.807) is 0 Å². The van der Waals surface area contributed by atoms with Crippen molar-refractivity contribution in [3.63, 3.8) is 0 Å². The van der Waals surface area contributed by atoms with Crippen LogP contribution in [0, 0.1) is 0 Å². The molecular weight excluding hydrogens is 222 g/mol. The van der Waals surface area contributed by atoms with Gasteiger partial charge in [-0.25, -0.2) is 0 Å². The molecule has 1 N–H and O–H groups in total. The summed E-state index contributed by atoms with van der Waals surface area (Å²) in [5.74, 6) is 1.16. The maximum absolute atomic E-state index is 10.4. The van der Waals surface area contributed by atoms with Gasteiger partial charge in [-0.05, 0) is 32.9 Å². The molecule has 1 saturated carbocycles. The zero-order valence-corrected chi connectivity index (χ0v) is 9.93. The molecule has 0 amide bonds. The van der Waals surface area contributed by atoms with Crippen LogP contribution in [0.15, 0.2) is 4.52 Å². The first kappa shape index (κ1) is 12.0. The fourth-order valence-corrected chi connectivity index (χ4v) is 1.65. The molecule has 17 heavy (non-hydrogen) atoms. The standard InChI is InChI=1S/C11H17N3O3/c1-14(6-2-3-10(15)16)7-9-12-11(17-13-9)8-4-5-8/h8H,2-7H2,1H3,(H,15,16). The van der Waals surface area contributed by atoms with E-state index in [2.05, 4.69) is 10.1 Å². The van der Waals surface area contributed by atoms with Crippen molar-refractivity contribution in [3.05, 3.63) is 11.7 Å². The van der Waals surface area contributed by atoms with Crippen LogP contribution in [0.2, 0.25) is 0 Å². The first-order valence-corrected chi connectivity index (χ1v) is 5.88. The summed E-state index contributed by atoms with van der Waals surface area (Å²) in [5.41, 5.74) is 0. The van der Waals surface area contributed by atoms with Gasteiger partial charge in [0, 0.05) is 12.3 Å². The van der Waals surface area contributed by atoms with Crippen molar-refractivity contribution >= 4 is 5.97 Å². The molecule has 6 heteroatoms. The Morgan fingerprint density at radius 2 is 2.35 bits per heavy atom. The quantitative estimate of drug-likeness (QED) is 0.771. The van der Waals surface area contributed by atoms with Gasteiger partial charge in [0.05, 0.1) is 6.54 Å². The molecule has 1 aliphatic rings. The maximum Gasteiger partial charge on any atom is 0.303 e. The Morgan fingerprint density at radius 1 is 1.59 bits per heavy atom. The van der Waals surface area contributed by atoms with E-state index < -0.39 is 5.97 Å². The van der Waals surface area contributed by atoms with E-state index in [1.807, 2.05) is 11.9 Å². The number of aromatic nitrogens is 2. The first-order valence-electron chi connectivity index (χ1n) is 5.88. The number of nitrogens with zero attached hydrogens (tertiary/aromatic N) is 3. The van der Waals surface area contributed by atoms with Gasteiger partial charge in [0.15, 0.2) is 5.82 Å². The zero-order chi connectivity index (χ0) is 12.3. The second-order valence-corrected chi connectivity index (χ2v) is 4.56. The summed E-state index contributed by atoms with van der Waals surface area (Å²) in [6.45, 7) is 1.33. The van der Waals surface area contributed by atoms with Crippen LogP contribution in [0.25, 0.3) is 0 Å². The summed E-state index contributed by atoms with van der Waals surface area (Å²) in [7, 11) is 1.93. The van der Waals surface area contributed by atoms with Crippen molar-refractivity contribution in [2.45, 2.75) is 38.1 Å². The highest BCUT2D eigenvalue weighted by molar-refractivity contribution is 5.66. The molecule has 0 bridgehead atoms. The van der Waals surface area contributed by atoms with Crippen LogP contribution in [0.5, 0.6) is 0 Å². The van der Waals surface area contributed by atoms with Crippen molar-refractivity contribution < 1.29 is 14.4 Å². The minimum Gasteiger partial charge on any atom is -0.481 e.